The molecule has 5 nitrogen and oxygen atoms in total. The summed E-state index contributed by atoms with van der Waals surface area (Å²) in [5.74, 6) is -1.02. The van der Waals surface area contributed by atoms with E-state index in [1.54, 1.807) is 25.2 Å². The van der Waals surface area contributed by atoms with Crippen molar-refractivity contribution in [2.24, 2.45) is 0 Å². The zero-order chi connectivity index (χ0) is 24.0. The van der Waals surface area contributed by atoms with Crippen LogP contribution in [0.4, 0.5) is 13.2 Å². The van der Waals surface area contributed by atoms with E-state index in [9.17, 15) is 22.8 Å². The van der Waals surface area contributed by atoms with Crippen LogP contribution in [0.2, 0.25) is 0 Å². The Morgan fingerprint density at radius 2 is 1.87 bits per heavy atom. The van der Waals surface area contributed by atoms with Gasteiger partial charge in [0.05, 0.1) is 12.0 Å². The summed E-state index contributed by atoms with van der Waals surface area (Å²) in [5, 5.41) is 11.8. The number of carbonyl (C=O) groups is 2. The predicted molar refractivity (Wildman–Crippen MR) is 117 cm³/mol. The molecule has 0 heterocycles. The number of hydrogen-bond donors (Lipinski definition) is 2. The molecule has 0 aliphatic heterocycles. The van der Waals surface area contributed by atoms with Gasteiger partial charge < -0.3 is 15.3 Å². The zero-order valence-electron chi connectivity index (χ0n) is 18.4. The smallest absolute Gasteiger partial charge is 0.416 e. The number of nitrogens with zero attached hydrogens (tertiary/aromatic N) is 1. The van der Waals surface area contributed by atoms with E-state index in [0.29, 0.717) is 36.1 Å². The molecule has 31 heavy (non-hydrogen) atoms. The lowest BCUT2D eigenvalue weighted by molar-refractivity contribution is -0.138. The van der Waals surface area contributed by atoms with E-state index in [4.69, 9.17) is 5.11 Å². The van der Waals surface area contributed by atoms with Crippen LogP contribution in [-0.4, -0.2) is 43.0 Å². The van der Waals surface area contributed by atoms with Gasteiger partial charge in [-0.05, 0) is 56.3 Å². The van der Waals surface area contributed by atoms with Gasteiger partial charge in [-0.3, -0.25) is 9.59 Å². The molecular formula is C23H31F3N2O3. The molecule has 0 atom stereocenters. The summed E-state index contributed by atoms with van der Waals surface area (Å²) in [6.07, 6.45) is 1.26. The van der Waals surface area contributed by atoms with Crippen molar-refractivity contribution in [1.29, 1.82) is 0 Å². The number of rotatable bonds is 10. The highest BCUT2D eigenvalue weighted by Crippen LogP contribution is 2.31. The number of benzene rings is 1. The van der Waals surface area contributed by atoms with Crippen molar-refractivity contribution < 1.29 is 27.9 Å². The minimum absolute atomic E-state index is 0.0171. The Kier molecular flexibility index (Phi) is 12.9. The monoisotopic (exact) mass is 440 g/mol. The van der Waals surface area contributed by atoms with Crippen molar-refractivity contribution >= 4 is 18.5 Å². The summed E-state index contributed by atoms with van der Waals surface area (Å²) in [6, 6.07) is 3.30. The zero-order valence-corrected chi connectivity index (χ0v) is 18.4. The molecule has 1 amide bonds. The predicted octanol–water partition coefficient (Wildman–Crippen LogP) is 4.90. The van der Waals surface area contributed by atoms with Gasteiger partial charge >= 0.3 is 12.1 Å². The molecule has 0 saturated heterocycles. The summed E-state index contributed by atoms with van der Waals surface area (Å²) in [7, 11) is 3.75. The Hall–Kier alpha value is -2.87. The number of nitrogens with one attached hydrogen (secondary N) is 1. The topological polar surface area (TPSA) is 69.6 Å². The van der Waals surface area contributed by atoms with Gasteiger partial charge in [-0.1, -0.05) is 43.4 Å². The molecule has 1 aromatic carbocycles. The fourth-order valence-electron chi connectivity index (χ4n) is 2.42. The van der Waals surface area contributed by atoms with E-state index in [1.807, 2.05) is 21.0 Å². The van der Waals surface area contributed by atoms with Gasteiger partial charge in [-0.25, -0.2) is 0 Å². The number of hydrogen-bond acceptors (Lipinski definition) is 3. The number of allylic oxidation sites excluding steroid dienone is 3. The van der Waals surface area contributed by atoms with E-state index >= 15 is 0 Å². The maximum absolute atomic E-state index is 13.1. The van der Waals surface area contributed by atoms with E-state index in [1.165, 1.54) is 11.0 Å². The van der Waals surface area contributed by atoms with E-state index in [-0.39, 0.29) is 13.0 Å². The molecule has 172 valence electrons. The van der Waals surface area contributed by atoms with Crippen LogP contribution < -0.4 is 5.32 Å². The summed E-state index contributed by atoms with van der Waals surface area (Å²) in [6.45, 7) is 7.79. The maximum Gasteiger partial charge on any atom is 0.416 e. The van der Waals surface area contributed by atoms with Gasteiger partial charge in [0.15, 0.2) is 0 Å². The molecule has 8 heteroatoms. The summed E-state index contributed by atoms with van der Waals surface area (Å²) in [4.78, 5) is 23.5. The fraction of sp³-hybridized carbons (Fsp3) is 0.391. The highest BCUT2D eigenvalue weighted by molar-refractivity contribution is 5.72. The van der Waals surface area contributed by atoms with Gasteiger partial charge in [-0.15, -0.1) is 0 Å². The van der Waals surface area contributed by atoms with Crippen LogP contribution in [0, 0.1) is 0 Å². The molecule has 0 aliphatic carbocycles. The Balaban J connectivity index is 0.00000282. The molecule has 1 rings (SSSR count). The molecule has 0 aromatic heterocycles. The number of amides is 1. The van der Waals surface area contributed by atoms with Crippen LogP contribution in [-0.2, 0) is 22.3 Å². The van der Waals surface area contributed by atoms with E-state index in [2.05, 4.69) is 11.9 Å². The molecule has 0 fully saturated rings. The SMILES string of the molecule is C=C(/C=C(\C=C\c1ccc(C(F)(F)F)cc1CN(C=O)CC)CC(=O)O)CC.CNC. The lowest BCUT2D eigenvalue weighted by atomic mass is 10.0. The first-order valence-electron chi connectivity index (χ1n) is 9.78. The summed E-state index contributed by atoms with van der Waals surface area (Å²) >= 11 is 0. The van der Waals surface area contributed by atoms with Gasteiger partial charge in [-0.2, -0.15) is 13.2 Å². The van der Waals surface area contributed by atoms with Crippen molar-refractivity contribution in [2.45, 2.75) is 39.4 Å². The third-order valence-electron chi connectivity index (χ3n) is 4.07. The Labute approximate surface area is 181 Å². The Bertz CT molecular complexity index is 800. The molecule has 2 N–H and O–H groups in total. The van der Waals surface area contributed by atoms with Crippen LogP contribution in [0.15, 0.2) is 48.1 Å². The Morgan fingerprint density at radius 1 is 1.26 bits per heavy atom. The number of carboxylic acid groups (broad SMARTS) is 1. The molecule has 0 aliphatic rings. The average Bonchev–Trinajstić information content (AvgIpc) is 2.69. The normalized spacial score (nSPS) is 11.6. The van der Waals surface area contributed by atoms with Crippen LogP contribution in [0.3, 0.4) is 0 Å². The third kappa shape index (κ3) is 11.2. The number of alkyl halides is 3. The second-order valence-corrected chi connectivity index (χ2v) is 6.71. The first kappa shape index (κ1) is 28.1. The van der Waals surface area contributed by atoms with E-state index < -0.39 is 17.7 Å². The maximum atomic E-state index is 13.1. The molecule has 1 aromatic rings. The van der Waals surface area contributed by atoms with Crippen molar-refractivity contribution in [2.75, 3.05) is 20.6 Å². The fourth-order valence-corrected chi connectivity index (χ4v) is 2.42. The summed E-state index contributed by atoms with van der Waals surface area (Å²) in [5.41, 5.74) is 1.22. The minimum Gasteiger partial charge on any atom is -0.481 e. The lowest BCUT2D eigenvalue weighted by Crippen LogP contribution is -2.21. The van der Waals surface area contributed by atoms with E-state index in [0.717, 1.165) is 17.7 Å². The minimum atomic E-state index is -4.50. The molecule has 0 saturated carbocycles. The van der Waals surface area contributed by atoms with Crippen molar-refractivity contribution in [3.63, 3.8) is 0 Å². The van der Waals surface area contributed by atoms with Crippen LogP contribution in [0.25, 0.3) is 6.08 Å². The number of carbonyl (C=O) groups excluding carboxylic acids is 1. The highest BCUT2D eigenvalue weighted by Gasteiger charge is 2.30. The highest BCUT2D eigenvalue weighted by atomic mass is 19.4. The lowest BCUT2D eigenvalue weighted by Gasteiger charge is -2.18. The number of halogens is 3. The van der Waals surface area contributed by atoms with Crippen LogP contribution >= 0.6 is 0 Å². The first-order valence-corrected chi connectivity index (χ1v) is 9.78. The molecule has 0 radical (unpaired) electrons. The molecule has 0 spiro atoms. The number of carboxylic acids is 1. The van der Waals surface area contributed by atoms with Crippen molar-refractivity contribution in [1.82, 2.24) is 10.2 Å². The standard InChI is InChI=1S/C21H24F3NO3.C2H7N/c1-4-15(3)10-16(11-20(27)28)6-7-17-8-9-19(21(22,23)24)12-18(17)13-25(5-2)14-26;1-3-2/h6-10,12,14H,3-5,11,13H2,1-2H3,(H,27,28);3H,1-2H3/b7-6+,16-10+;. The van der Waals surface area contributed by atoms with Gasteiger partial charge in [0.25, 0.3) is 0 Å². The van der Waals surface area contributed by atoms with Gasteiger partial charge in [0.2, 0.25) is 6.41 Å². The van der Waals surface area contributed by atoms with Crippen LogP contribution in [0.5, 0.6) is 0 Å². The summed E-state index contributed by atoms with van der Waals surface area (Å²) < 4.78 is 39.2. The van der Waals surface area contributed by atoms with Crippen LogP contribution in [0.1, 0.15) is 43.4 Å². The van der Waals surface area contributed by atoms with Crippen molar-refractivity contribution in [3.8, 4) is 0 Å². The van der Waals surface area contributed by atoms with Gasteiger partial charge in [0.1, 0.15) is 0 Å². The first-order chi connectivity index (χ1) is 14.5. The quantitative estimate of drug-likeness (QED) is 0.401. The average molecular weight is 441 g/mol. The molecule has 0 unspecified atom stereocenters. The van der Waals surface area contributed by atoms with Crippen molar-refractivity contribution in [3.05, 3.63) is 64.8 Å². The Morgan fingerprint density at radius 3 is 2.32 bits per heavy atom. The second-order valence-electron chi connectivity index (χ2n) is 6.71. The second kappa shape index (κ2) is 14.2. The van der Waals surface area contributed by atoms with Gasteiger partial charge in [0, 0.05) is 13.1 Å². The largest absolute Gasteiger partial charge is 0.481 e. The third-order valence-corrected chi connectivity index (χ3v) is 4.07. The molecular weight excluding hydrogens is 409 g/mol. The number of aliphatic carboxylic acids is 1. The molecule has 0 bridgehead atoms.